The van der Waals surface area contributed by atoms with Gasteiger partial charge in [0.05, 0.1) is 11.9 Å². The van der Waals surface area contributed by atoms with Crippen LogP contribution in [-0.4, -0.2) is 64.9 Å². The molecule has 170 valence electrons. The van der Waals surface area contributed by atoms with Gasteiger partial charge < -0.3 is 15.5 Å². The molecule has 1 fully saturated rings. The largest absolute Gasteiger partial charge is 0.424 e. The van der Waals surface area contributed by atoms with Crippen LogP contribution in [0.1, 0.15) is 16.7 Å². The Morgan fingerprint density at radius 2 is 1.85 bits per heavy atom. The van der Waals surface area contributed by atoms with Crippen molar-refractivity contribution in [2.24, 2.45) is 15.9 Å². The van der Waals surface area contributed by atoms with E-state index in [1.165, 1.54) is 5.56 Å². The van der Waals surface area contributed by atoms with Gasteiger partial charge in [0.15, 0.2) is 0 Å². The van der Waals surface area contributed by atoms with Crippen LogP contribution in [0.5, 0.6) is 11.8 Å². The highest BCUT2D eigenvalue weighted by Gasteiger charge is 2.14. The van der Waals surface area contributed by atoms with Gasteiger partial charge in [0.1, 0.15) is 11.5 Å². The number of rotatable bonds is 7. The van der Waals surface area contributed by atoms with Crippen LogP contribution >= 0.6 is 0 Å². The number of hydrogen-bond acceptors (Lipinski definition) is 8. The zero-order chi connectivity index (χ0) is 23.0. The molecule has 0 unspecified atom stereocenters. The van der Waals surface area contributed by atoms with Crippen molar-refractivity contribution in [2.45, 2.75) is 13.5 Å². The molecule has 1 saturated heterocycles. The summed E-state index contributed by atoms with van der Waals surface area (Å²) in [7, 11) is 2.17. The van der Waals surface area contributed by atoms with Crippen LogP contribution in [0.2, 0.25) is 0 Å². The second kappa shape index (κ2) is 10.8. The third kappa shape index (κ3) is 6.21. The standard InChI is InChI=1S/C25H29N7O/c1-19-7-8-22(16-24(19)33-25-27-9-4-10-28-25)29-17-23(30-26)21-6-3-5-20(15-21)18-32-13-11-31(2)12-14-32/h3-10,15-17H,11-14,18,26H2,1-2H3/b29-17?,30-23+. The van der Waals surface area contributed by atoms with Gasteiger partial charge in [0, 0.05) is 56.7 Å². The maximum atomic E-state index is 5.80. The van der Waals surface area contributed by atoms with Crippen molar-refractivity contribution in [3.8, 4) is 11.8 Å². The number of likely N-dealkylation sites (N-methyl/N-ethyl adjacent to an activating group) is 1. The Kier molecular flexibility index (Phi) is 7.39. The number of hydrazone groups is 1. The lowest BCUT2D eigenvalue weighted by atomic mass is 10.1. The highest BCUT2D eigenvalue weighted by atomic mass is 16.5. The molecule has 0 amide bonds. The van der Waals surface area contributed by atoms with Crippen LogP contribution in [0.3, 0.4) is 0 Å². The second-order valence-corrected chi connectivity index (χ2v) is 8.14. The average Bonchev–Trinajstić information content (AvgIpc) is 2.84. The fourth-order valence-electron chi connectivity index (χ4n) is 3.63. The van der Waals surface area contributed by atoms with Crippen LogP contribution in [0.15, 0.2) is 71.0 Å². The molecule has 33 heavy (non-hydrogen) atoms. The monoisotopic (exact) mass is 443 g/mol. The van der Waals surface area contributed by atoms with Crippen LogP contribution in [-0.2, 0) is 6.54 Å². The Bertz CT molecular complexity index is 1120. The number of nitrogens with zero attached hydrogens (tertiary/aromatic N) is 6. The summed E-state index contributed by atoms with van der Waals surface area (Å²) in [5, 5.41) is 3.97. The van der Waals surface area contributed by atoms with E-state index in [1.807, 2.05) is 37.3 Å². The van der Waals surface area contributed by atoms with Crippen molar-refractivity contribution in [3.63, 3.8) is 0 Å². The minimum atomic E-state index is 0.295. The average molecular weight is 444 g/mol. The summed E-state index contributed by atoms with van der Waals surface area (Å²) in [6, 6.07) is 16.1. The fraction of sp³-hybridized carbons (Fsp3) is 0.280. The quantitative estimate of drug-likeness (QED) is 0.342. The van der Waals surface area contributed by atoms with E-state index in [-0.39, 0.29) is 0 Å². The zero-order valence-electron chi connectivity index (χ0n) is 19.1. The summed E-state index contributed by atoms with van der Waals surface area (Å²) >= 11 is 0. The first-order chi connectivity index (χ1) is 16.1. The Labute approximate surface area is 194 Å². The van der Waals surface area contributed by atoms with Crippen LogP contribution in [0.25, 0.3) is 0 Å². The summed E-state index contributed by atoms with van der Waals surface area (Å²) < 4.78 is 5.80. The van der Waals surface area contributed by atoms with Crippen LogP contribution in [0, 0.1) is 6.92 Å². The number of aryl methyl sites for hydroxylation is 1. The van der Waals surface area contributed by atoms with Gasteiger partial charge in [0.2, 0.25) is 0 Å². The molecule has 2 N–H and O–H groups in total. The summed E-state index contributed by atoms with van der Waals surface area (Å²) in [6.45, 7) is 7.22. The molecule has 1 aliphatic rings. The first-order valence-electron chi connectivity index (χ1n) is 11.0. The molecule has 2 aromatic carbocycles. The lowest BCUT2D eigenvalue weighted by Gasteiger charge is -2.32. The highest BCUT2D eigenvalue weighted by Crippen LogP contribution is 2.27. The molecule has 1 aliphatic heterocycles. The summed E-state index contributed by atoms with van der Waals surface area (Å²) in [4.78, 5) is 17.6. The molecule has 8 nitrogen and oxygen atoms in total. The zero-order valence-corrected chi connectivity index (χ0v) is 19.1. The predicted molar refractivity (Wildman–Crippen MR) is 131 cm³/mol. The van der Waals surface area contributed by atoms with E-state index >= 15 is 0 Å². The molecular weight excluding hydrogens is 414 g/mol. The molecule has 8 heteroatoms. The van der Waals surface area contributed by atoms with E-state index in [9.17, 15) is 0 Å². The number of aromatic nitrogens is 2. The lowest BCUT2D eigenvalue weighted by molar-refractivity contribution is 0.148. The van der Waals surface area contributed by atoms with E-state index in [0.717, 1.165) is 49.5 Å². The van der Waals surface area contributed by atoms with Gasteiger partial charge in [0.25, 0.3) is 0 Å². The van der Waals surface area contributed by atoms with Crippen molar-refractivity contribution in [1.82, 2.24) is 19.8 Å². The number of benzene rings is 2. The summed E-state index contributed by atoms with van der Waals surface area (Å²) in [6.07, 6.45) is 4.96. The molecule has 0 bridgehead atoms. The Morgan fingerprint density at radius 3 is 2.61 bits per heavy atom. The smallest absolute Gasteiger partial charge is 0.321 e. The lowest BCUT2D eigenvalue weighted by Crippen LogP contribution is -2.43. The third-order valence-corrected chi connectivity index (χ3v) is 5.61. The normalized spacial score (nSPS) is 15.8. The van der Waals surface area contributed by atoms with Gasteiger partial charge in [-0.3, -0.25) is 9.89 Å². The first kappa shape index (κ1) is 22.6. The van der Waals surface area contributed by atoms with Crippen LogP contribution < -0.4 is 10.6 Å². The van der Waals surface area contributed by atoms with Gasteiger partial charge >= 0.3 is 6.01 Å². The van der Waals surface area contributed by atoms with Crippen molar-refractivity contribution in [1.29, 1.82) is 0 Å². The third-order valence-electron chi connectivity index (χ3n) is 5.61. The molecule has 1 aromatic heterocycles. The Hall–Kier alpha value is -3.62. The van der Waals surface area contributed by atoms with E-state index < -0.39 is 0 Å². The minimum Gasteiger partial charge on any atom is -0.424 e. The molecule has 0 radical (unpaired) electrons. The van der Waals surface area contributed by atoms with E-state index in [2.05, 4.69) is 49.0 Å². The van der Waals surface area contributed by atoms with Crippen molar-refractivity contribution in [3.05, 3.63) is 77.6 Å². The molecule has 0 saturated carbocycles. The van der Waals surface area contributed by atoms with Gasteiger partial charge in [-0.2, -0.15) is 5.10 Å². The molecule has 3 aromatic rings. The Balaban J connectivity index is 1.47. The number of hydrogen-bond donors (Lipinski definition) is 1. The van der Waals surface area contributed by atoms with Gasteiger partial charge in [-0.1, -0.05) is 24.3 Å². The van der Waals surface area contributed by atoms with Crippen LogP contribution in [0.4, 0.5) is 5.69 Å². The van der Waals surface area contributed by atoms with Crippen molar-refractivity contribution >= 4 is 17.6 Å². The number of aliphatic imine (C=N–C) groups is 1. The van der Waals surface area contributed by atoms with E-state index in [1.54, 1.807) is 24.7 Å². The fourth-order valence-corrected chi connectivity index (χ4v) is 3.63. The second-order valence-electron chi connectivity index (χ2n) is 8.14. The maximum absolute atomic E-state index is 5.80. The molecule has 2 heterocycles. The van der Waals surface area contributed by atoms with Crippen molar-refractivity contribution in [2.75, 3.05) is 33.2 Å². The van der Waals surface area contributed by atoms with Gasteiger partial charge in [-0.15, -0.1) is 0 Å². The van der Waals surface area contributed by atoms with E-state index in [0.29, 0.717) is 17.5 Å². The number of nitrogens with two attached hydrogens (primary N) is 1. The van der Waals surface area contributed by atoms with Gasteiger partial charge in [-0.25, -0.2) is 9.97 Å². The predicted octanol–water partition coefficient (Wildman–Crippen LogP) is 3.39. The summed E-state index contributed by atoms with van der Waals surface area (Å²) in [5.74, 6) is 6.36. The number of piperazine rings is 1. The van der Waals surface area contributed by atoms with Crippen molar-refractivity contribution < 1.29 is 4.74 Å². The SMILES string of the molecule is Cc1ccc(N=C/C(=N\N)c2cccc(CN3CCN(C)CC3)c2)cc1Oc1ncccn1. The maximum Gasteiger partial charge on any atom is 0.321 e. The first-order valence-corrected chi connectivity index (χ1v) is 11.0. The minimum absolute atomic E-state index is 0.295. The molecule has 4 rings (SSSR count). The Morgan fingerprint density at radius 1 is 1.06 bits per heavy atom. The number of ether oxygens (including phenoxy) is 1. The highest BCUT2D eigenvalue weighted by molar-refractivity contribution is 6.38. The molecule has 0 aliphatic carbocycles. The van der Waals surface area contributed by atoms with E-state index in [4.69, 9.17) is 10.6 Å². The molecule has 0 atom stereocenters. The van der Waals surface area contributed by atoms with Gasteiger partial charge in [-0.05, 0) is 43.3 Å². The topological polar surface area (TPSA) is 92.2 Å². The molecule has 0 spiro atoms. The molecular formula is C25H29N7O. The summed E-state index contributed by atoms with van der Waals surface area (Å²) in [5.41, 5.74) is 4.48.